The van der Waals surface area contributed by atoms with Gasteiger partial charge in [-0.05, 0) is 18.6 Å². The van der Waals surface area contributed by atoms with Crippen molar-refractivity contribution in [1.29, 1.82) is 0 Å². The molecule has 0 fully saturated rings. The second-order valence-corrected chi connectivity index (χ2v) is 3.50. The van der Waals surface area contributed by atoms with Crippen molar-refractivity contribution < 1.29 is 15.3 Å². The van der Waals surface area contributed by atoms with E-state index in [1.165, 1.54) is 12.1 Å². The lowest BCUT2D eigenvalue weighted by molar-refractivity contribution is 0.00194. The van der Waals surface area contributed by atoms with Gasteiger partial charge >= 0.3 is 0 Å². The molecule has 1 aromatic heterocycles. The summed E-state index contributed by atoms with van der Waals surface area (Å²) < 4.78 is 0. The first-order valence-corrected chi connectivity index (χ1v) is 4.83. The lowest BCUT2D eigenvalue weighted by Gasteiger charge is -2.16. The van der Waals surface area contributed by atoms with Crippen LogP contribution < -0.4 is 5.73 Å². The fraction of sp³-hybridized carbons (Fsp3) is 0.444. The molecule has 0 aromatic carbocycles. The highest BCUT2D eigenvalue weighted by Gasteiger charge is 2.19. The predicted molar refractivity (Wildman–Crippen MR) is 56.3 cm³/mol. The van der Waals surface area contributed by atoms with E-state index in [0.29, 0.717) is 5.69 Å². The molecule has 1 aromatic rings. The molecule has 0 bridgehead atoms. The van der Waals surface area contributed by atoms with Crippen LogP contribution in [0.25, 0.3) is 0 Å². The van der Waals surface area contributed by atoms with E-state index >= 15 is 0 Å². The van der Waals surface area contributed by atoms with Gasteiger partial charge in [0.2, 0.25) is 0 Å². The summed E-state index contributed by atoms with van der Waals surface area (Å²) in [6, 6.07) is 2.98. The maximum Gasteiger partial charge on any atom is 0.152 e. The zero-order valence-electron chi connectivity index (χ0n) is 7.97. The highest BCUT2D eigenvalue weighted by atomic mass is 35.5. The van der Waals surface area contributed by atoms with Crippen molar-refractivity contribution in [2.75, 3.05) is 12.3 Å². The molecule has 0 saturated heterocycles. The Balaban J connectivity index is 2.81. The van der Waals surface area contributed by atoms with Gasteiger partial charge in [-0.1, -0.05) is 11.6 Å². The van der Waals surface area contributed by atoms with Crippen molar-refractivity contribution in [3.05, 3.63) is 23.0 Å². The van der Waals surface area contributed by atoms with Crippen molar-refractivity contribution >= 4 is 17.3 Å². The minimum absolute atomic E-state index is 0.0742. The van der Waals surface area contributed by atoms with Crippen LogP contribution in [0.4, 0.5) is 5.69 Å². The zero-order valence-corrected chi connectivity index (χ0v) is 8.72. The molecule has 2 atom stereocenters. The van der Waals surface area contributed by atoms with Crippen molar-refractivity contribution in [3.63, 3.8) is 0 Å². The van der Waals surface area contributed by atoms with Crippen LogP contribution in [0.2, 0.25) is 5.15 Å². The third-order valence-electron chi connectivity index (χ3n) is 1.99. The molecule has 1 heterocycles. The quantitative estimate of drug-likeness (QED) is 0.552. The van der Waals surface area contributed by atoms with E-state index in [2.05, 4.69) is 4.98 Å². The van der Waals surface area contributed by atoms with E-state index in [0.717, 1.165) is 0 Å². The first-order valence-electron chi connectivity index (χ1n) is 4.45. The maximum atomic E-state index is 9.61. The summed E-state index contributed by atoms with van der Waals surface area (Å²) in [6.45, 7) is -0.207. The van der Waals surface area contributed by atoms with Gasteiger partial charge in [0.1, 0.15) is 6.10 Å². The van der Waals surface area contributed by atoms with E-state index in [1.807, 2.05) is 0 Å². The van der Waals surface area contributed by atoms with Crippen LogP contribution in [0.5, 0.6) is 0 Å². The van der Waals surface area contributed by atoms with Gasteiger partial charge in [0.25, 0.3) is 0 Å². The number of hydrogen-bond acceptors (Lipinski definition) is 5. The number of nitrogens with two attached hydrogens (primary N) is 1. The maximum absolute atomic E-state index is 9.61. The molecule has 0 aliphatic heterocycles. The van der Waals surface area contributed by atoms with Crippen LogP contribution in [-0.2, 0) is 0 Å². The summed E-state index contributed by atoms with van der Waals surface area (Å²) in [5, 5.41) is 27.7. The number of halogens is 1. The Morgan fingerprint density at radius 3 is 2.60 bits per heavy atom. The average Bonchev–Trinajstić information content (AvgIpc) is 2.21. The lowest BCUT2D eigenvalue weighted by atomic mass is 10.1. The summed E-state index contributed by atoms with van der Waals surface area (Å²) in [5.41, 5.74) is 5.99. The number of hydrogen-bond donors (Lipinski definition) is 4. The molecule has 15 heavy (non-hydrogen) atoms. The number of nitrogen functional groups attached to an aromatic ring is 1. The van der Waals surface area contributed by atoms with Gasteiger partial charge in [-0.25, -0.2) is 4.98 Å². The Kier molecular flexibility index (Phi) is 4.28. The van der Waals surface area contributed by atoms with Gasteiger partial charge in [-0.15, -0.1) is 0 Å². The summed E-state index contributed by atoms with van der Waals surface area (Å²) in [5.74, 6) is 0. The fourth-order valence-electron chi connectivity index (χ4n) is 1.11. The summed E-state index contributed by atoms with van der Waals surface area (Å²) in [4.78, 5) is 3.82. The van der Waals surface area contributed by atoms with Crippen molar-refractivity contribution in [1.82, 2.24) is 4.98 Å². The molecule has 0 aliphatic carbocycles. The van der Waals surface area contributed by atoms with Crippen LogP contribution in [0, 0.1) is 0 Å². The van der Waals surface area contributed by atoms with Crippen molar-refractivity contribution in [3.8, 4) is 0 Å². The molecule has 0 amide bonds. The van der Waals surface area contributed by atoms with Gasteiger partial charge in [0.15, 0.2) is 5.15 Å². The molecule has 2 unspecified atom stereocenters. The zero-order chi connectivity index (χ0) is 11.4. The van der Waals surface area contributed by atoms with Crippen molar-refractivity contribution in [2.24, 2.45) is 0 Å². The van der Waals surface area contributed by atoms with Gasteiger partial charge in [-0.2, -0.15) is 0 Å². The summed E-state index contributed by atoms with van der Waals surface area (Å²) >= 11 is 5.66. The van der Waals surface area contributed by atoms with Crippen LogP contribution >= 0.6 is 11.6 Å². The first kappa shape index (κ1) is 12.2. The van der Waals surface area contributed by atoms with E-state index in [1.54, 1.807) is 0 Å². The number of aliphatic hydroxyl groups is 3. The molecule has 84 valence electrons. The molecular weight excluding hydrogens is 220 g/mol. The standard InChI is InChI=1S/C9H13ClN2O3/c10-9-5(11)1-2-6(12-9)8(15)7(14)3-4-13/h1-2,7-8,13-15H,3-4,11H2. The second-order valence-electron chi connectivity index (χ2n) is 3.14. The van der Waals surface area contributed by atoms with Gasteiger partial charge in [0.05, 0.1) is 17.5 Å². The monoisotopic (exact) mass is 232 g/mol. The van der Waals surface area contributed by atoms with Gasteiger partial charge < -0.3 is 21.1 Å². The predicted octanol–water partition coefficient (Wildman–Crippen LogP) is 0.0939. The number of nitrogens with zero attached hydrogens (tertiary/aromatic N) is 1. The molecule has 0 saturated carbocycles. The smallest absolute Gasteiger partial charge is 0.152 e. The third kappa shape index (κ3) is 3.04. The minimum atomic E-state index is -1.17. The summed E-state index contributed by atoms with van der Waals surface area (Å²) in [7, 11) is 0. The Bertz CT molecular complexity index is 335. The molecule has 5 N–H and O–H groups in total. The van der Waals surface area contributed by atoms with Crippen LogP contribution in [-0.4, -0.2) is 33.0 Å². The van der Waals surface area contributed by atoms with E-state index < -0.39 is 12.2 Å². The lowest BCUT2D eigenvalue weighted by Crippen LogP contribution is -2.20. The fourth-order valence-corrected chi connectivity index (χ4v) is 1.27. The Hall–Kier alpha value is -0.880. The number of anilines is 1. The minimum Gasteiger partial charge on any atom is -0.396 e. The van der Waals surface area contributed by atoms with Gasteiger partial charge in [-0.3, -0.25) is 0 Å². The highest BCUT2D eigenvalue weighted by Crippen LogP contribution is 2.22. The van der Waals surface area contributed by atoms with E-state index in [9.17, 15) is 10.2 Å². The molecular formula is C9H13ClN2O3. The Morgan fingerprint density at radius 2 is 2.07 bits per heavy atom. The molecule has 5 nitrogen and oxygen atoms in total. The average molecular weight is 233 g/mol. The number of pyridine rings is 1. The molecule has 0 aliphatic rings. The summed E-state index contributed by atoms with van der Waals surface area (Å²) in [6.07, 6.45) is -2.16. The molecule has 1 rings (SSSR count). The van der Waals surface area contributed by atoms with Crippen LogP contribution in [0.1, 0.15) is 18.2 Å². The highest BCUT2D eigenvalue weighted by molar-refractivity contribution is 6.31. The number of aromatic nitrogens is 1. The molecule has 6 heteroatoms. The topological polar surface area (TPSA) is 99.6 Å². The molecule has 0 radical (unpaired) electrons. The SMILES string of the molecule is Nc1ccc(C(O)C(O)CCO)nc1Cl. The number of aliphatic hydroxyl groups excluding tert-OH is 3. The van der Waals surface area contributed by atoms with Crippen LogP contribution in [0.3, 0.4) is 0 Å². The van der Waals surface area contributed by atoms with E-state index in [4.69, 9.17) is 22.4 Å². The van der Waals surface area contributed by atoms with Gasteiger partial charge in [0, 0.05) is 6.61 Å². The normalized spacial score (nSPS) is 14.9. The number of rotatable bonds is 4. The Morgan fingerprint density at radius 1 is 1.40 bits per heavy atom. The largest absolute Gasteiger partial charge is 0.396 e. The van der Waals surface area contributed by atoms with Crippen LogP contribution in [0.15, 0.2) is 12.1 Å². The van der Waals surface area contributed by atoms with E-state index in [-0.39, 0.29) is 23.9 Å². The molecule has 0 spiro atoms. The van der Waals surface area contributed by atoms with Crippen molar-refractivity contribution in [2.45, 2.75) is 18.6 Å². The third-order valence-corrected chi connectivity index (χ3v) is 2.29. The Labute approximate surface area is 92.1 Å². The second kappa shape index (κ2) is 5.27. The first-order chi connectivity index (χ1) is 7.06.